The second-order valence-corrected chi connectivity index (χ2v) is 8.10. The van der Waals surface area contributed by atoms with E-state index in [9.17, 15) is 13.5 Å². The van der Waals surface area contributed by atoms with Gasteiger partial charge in [0.15, 0.2) is 16.1 Å². The molecule has 0 saturated carbocycles. The second-order valence-electron chi connectivity index (χ2n) is 5.59. The van der Waals surface area contributed by atoms with Gasteiger partial charge in [0.1, 0.15) is 0 Å². The molecule has 2 bridgehead atoms. The van der Waals surface area contributed by atoms with Crippen LogP contribution in [0.4, 0.5) is 0 Å². The van der Waals surface area contributed by atoms with Crippen molar-refractivity contribution in [2.75, 3.05) is 13.2 Å². The van der Waals surface area contributed by atoms with Gasteiger partial charge in [0, 0.05) is 19.6 Å². The normalized spacial score (nSPS) is 36.8. The number of sulfone groups is 1. The Morgan fingerprint density at radius 1 is 1.16 bits per heavy atom. The number of hydrogen-bond acceptors (Lipinski definition) is 5. The highest BCUT2D eigenvalue weighted by Crippen LogP contribution is 2.45. The molecule has 0 aromatic carbocycles. The van der Waals surface area contributed by atoms with Crippen LogP contribution in [0.25, 0.3) is 0 Å². The van der Waals surface area contributed by atoms with Gasteiger partial charge < -0.3 is 14.6 Å². The fourth-order valence-electron chi connectivity index (χ4n) is 3.35. The van der Waals surface area contributed by atoms with Crippen LogP contribution in [0.1, 0.15) is 46.0 Å². The van der Waals surface area contributed by atoms with Gasteiger partial charge in [-0.3, -0.25) is 0 Å². The lowest BCUT2D eigenvalue weighted by atomic mass is 9.90. The van der Waals surface area contributed by atoms with E-state index < -0.39 is 21.7 Å². The molecule has 0 radical (unpaired) electrons. The molecule has 2 rings (SSSR count). The van der Waals surface area contributed by atoms with E-state index in [4.69, 9.17) is 9.47 Å². The quantitative estimate of drug-likeness (QED) is 0.746. The number of fused-ring (bicyclic) bond motifs is 2. The molecule has 2 heterocycles. The molecule has 5 nitrogen and oxygen atoms in total. The van der Waals surface area contributed by atoms with E-state index in [0.717, 1.165) is 0 Å². The molecule has 0 spiro atoms. The van der Waals surface area contributed by atoms with Crippen molar-refractivity contribution < 1.29 is 23.0 Å². The minimum atomic E-state index is -3.00. The molecule has 2 atom stereocenters. The predicted octanol–water partition coefficient (Wildman–Crippen LogP) is 1.25. The Morgan fingerprint density at radius 2 is 1.63 bits per heavy atom. The van der Waals surface area contributed by atoms with Crippen LogP contribution in [-0.4, -0.2) is 49.1 Å². The number of ether oxygens (including phenoxy) is 2. The smallest absolute Gasteiger partial charge is 0.160 e. The minimum absolute atomic E-state index is 0.322. The summed E-state index contributed by atoms with van der Waals surface area (Å²) in [7, 11) is -3.00. The molecule has 1 N–H and O–H groups in total. The third kappa shape index (κ3) is 3.12. The van der Waals surface area contributed by atoms with Crippen molar-refractivity contribution in [3.8, 4) is 0 Å². The number of rotatable bonds is 6. The van der Waals surface area contributed by atoms with Gasteiger partial charge in [0.2, 0.25) is 0 Å². The minimum Gasteiger partial charge on any atom is -0.390 e. The maximum atomic E-state index is 12.0. The van der Waals surface area contributed by atoms with Crippen LogP contribution in [0.3, 0.4) is 0 Å². The van der Waals surface area contributed by atoms with E-state index in [0.29, 0.717) is 45.3 Å². The standard InChI is InChI=1S/C13H24O5S/c1-3-17-12(18-4-2)9-13(14)7-10-5-6-11(8-13)19(10,15)16/h10-12,14H,3-9H2,1-2H3. The Kier molecular flexibility index (Phi) is 4.55. The van der Waals surface area contributed by atoms with Crippen LogP contribution >= 0.6 is 0 Å². The monoisotopic (exact) mass is 292 g/mol. The zero-order valence-corrected chi connectivity index (χ0v) is 12.5. The first kappa shape index (κ1) is 15.2. The van der Waals surface area contributed by atoms with E-state index in [-0.39, 0.29) is 10.5 Å². The highest BCUT2D eigenvalue weighted by molar-refractivity contribution is 7.93. The third-order valence-corrected chi connectivity index (χ3v) is 6.87. The van der Waals surface area contributed by atoms with Crippen LogP contribution in [0.2, 0.25) is 0 Å². The van der Waals surface area contributed by atoms with Crippen molar-refractivity contribution in [3.63, 3.8) is 0 Å². The van der Waals surface area contributed by atoms with Gasteiger partial charge in [-0.25, -0.2) is 8.42 Å². The molecule has 0 aliphatic carbocycles. The Morgan fingerprint density at radius 3 is 2.05 bits per heavy atom. The molecule has 0 amide bonds. The summed E-state index contributed by atoms with van der Waals surface area (Å²) in [4.78, 5) is 0. The third-order valence-electron chi connectivity index (χ3n) is 4.21. The van der Waals surface area contributed by atoms with Gasteiger partial charge in [0.25, 0.3) is 0 Å². The molecule has 2 fully saturated rings. The highest BCUT2D eigenvalue weighted by Gasteiger charge is 2.53. The summed E-state index contributed by atoms with van der Waals surface area (Å²) in [5.41, 5.74) is -0.966. The fourth-order valence-corrected chi connectivity index (χ4v) is 5.91. The van der Waals surface area contributed by atoms with E-state index in [1.54, 1.807) is 0 Å². The summed E-state index contributed by atoms with van der Waals surface area (Å²) < 4.78 is 35.0. The van der Waals surface area contributed by atoms with Crippen molar-refractivity contribution in [2.45, 2.75) is 68.3 Å². The lowest BCUT2D eigenvalue weighted by molar-refractivity contribution is -0.171. The first-order valence-corrected chi connectivity index (χ1v) is 8.70. The lowest BCUT2D eigenvalue weighted by Crippen LogP contribution is -2.47. The summed E-state index contributed by atoms with van der Waals surface area (Å²) in [6, 6.07) is 0. The zero-order valence-electron chi connectivity index (χ0n) is 11.7. The van der Waals surface area contributed by atoms with Crippen LogP contribution in [0.15, 0.2) is 0 Å². The molecule has 19 heavy (non-hydrogen) atoms. The molecule has 112 valence electrons. The molecular weight excluding hydrogens is 268 g/mol. The predicted molar refractivity (Wildman–Crippen MR) is 71.6 cm³/mol. The molecule has 2 aliphatic rings. The maximum absolute atomic E-state index is 12.0. The summed E-state index contributed by atoms with van der Waals surface area (Å²) in [5, 5.41) is 9.93. The van der Waals surface area contributed by atoms with Gasteiger partial charge in [-0.05, 0) is 39.5 Å². The van der Waals surface area contributed by atoms with E-state index in [2.05, 4.69) is 0 Å². The molecule has 0 aromatic rings. The zero-order chi connectivity index (χ0) is 14.1. The van der Waals surface area contributed by atoms with Crippen molar-refractivity contribution >= 4 is 9.84 Å². The average Bonchev–Trinajstić information content (AvgIpc) is 2.51. The van der Waals surface area contributed by atoms with Gasteiger partial charge in [0.05, 0.1) is 16.1 Å². The average molecular weight is 292 g/mol. The van der Waals surface area contributed by atoms with Crippen LogP contribution < -0.4 is 0 Å². The molecular formula is C13H24O5S. The van der Waals surface area contributed by atoms with E-state index >= 15 is 0 Å². The summed E-state index contributed by atoms with van der Waals surface area (Å²) >= 11 is 0. The number of hydrogen-bond donors (Lipinski definition) is 1. The summed E-state index contributed by atoms with van der Waals surface area (Å²) in [6.45, 7) is 4.80. The lowest BCUT2D eigenvalue weighted by Gasteiger charge is -2.38. The first-order valence-electron chi connectivity index (χ1n) is 7.09. The summed E-state index contributed by atoms with van der Waals surface area (Å²) in [6.07, 6.45) is 1.93. The van der Waals surface area contributed by atoms with Crippen molar-refractivity contribution in [1.29, 1.82) is 0 Å². The molecule has 2 unspecified atom stereocenters. The topological polar surface area (TPSA) is 72.8 Å². The van der Waals surface area contributed by atoms with Gasteiger partial charge in [-0.1, -0.05) is 0 Å². The Hall–Kier alpha value is -0.170. The van der Waals surface area contributed by atoms with Crippen molar-refractivity contribution in [2.24, 2.45) is 0 Å². The SMILES string of the molecule is CCOC(CC1(O)CC2CCC(C1)S2(=O)=O)OCC. The highest BCUT2D eigenvalue weighted by atomic mass is 32.2. The second kappa shape index (κ2) is 5.68. The molecule has 2 saturated heterocycles. The van der Waals surface area contributed by atoms with Crippen molar-refractivity contribution in [1.82, 2.24) is 0 Å². The molecule has 6 heteroatoms. The largest absolute Gasteiger partial charge is 0.390 e. The van der Waals surface area contributed by atoms with Crippen molar-refractivity contribution in [3.05, 3.63) is 0 Å². The Balaban J connectivity index is 2.04. The van der Waals surface area contributed by atoms with Crippen LogP contribution in [0, 0.1) is 0 Å². The molecule has 2 aliphatic heterocycles. The van der Waals surface area contributed by atoms with Crippen LogP contribution in [0.5, 0.6) is 0 Å². The van der Waals surface area contributed by atoms with E-state index in [1.165, 1.54) is 0 Å². The summed E-state index contributed by atoms with van der Waals surface area (Å²) in [5.74, 6) is 0. The number of aliphatic hydroxyl groups is 1. The first-order chi connectivity index (χ1) is 8.91. The fraction of sp³-hybridized carbons (Fsp3) is 1.00. The Labute approximate surface area is 115 Å². The van der Waals surface area contributed by atoms with Crippen LogP contribution in [-0.2, 0) is 19.3 Å². The maximum Gasteiger partial charge on any atom is 0.160 e. The van der Waals surface area contributed by atoms with Gasteiger partial charge in [-0.15, -0.1) is 0 Å². The van der Waals surface area contributed by atoms with Gasteiger partial charge >= 0.3 is 0 Å². The molecule has 0 aromatic heterocycles. The Bertz CT molecular complexity index is 379. The van der Waals surface area contributed by atoms with E-state index in [1.807, 2.05) is 13.8 Å². The van der Waals surface area contributed by atoms with Gasteiger partial charge in [-0.2, -0.15) is 0 Å².